The van der Waals surface area contributed by atoms with Crippen LogP contribution in [0.3, 0.4) is 0 Å². The number of carbonyl (C=O) groups excluding carboxylic acids is 2. The molecule has 1 N–H and O–H groups in total. The number of rotatable bonds is 6. The summed E-state index contributed by atoms with van der Waals surface area (Å²) in [5.41, 5.74) is 1.74. The van der Waals surface area contributed by atoms with E-state index < -0.39 is 0 Å². The van der Waals surface area contributed by atoms with Gasteiger partial charge in [-0.1, -0.05) is 24.3 Å². The van der Waals surface area contributed by atoms with E-state index in [9.17, 15) is 9.59 Å². The number of hydrogen-bond donors (Lipinski definition) is 1. The fourth-order valence-corrected chi connectivity index (χ4v) is 2.62. The molecule has 6 heteroatoms. The van der Waals surface area contributed by atoms with Crippen LogP contribution in [0.15, 0.2) is 72.8 Å². The maximum Gasteiger partial charge on any atom is 0.276 e. The number of anilines is 2. The molecule has 3 aromatic rings. The minimum absolute atomic E-state index is 0.168. The molecule has 1 aromatic heterocycles. The van der Waals surface area contributed by atoms with Crippen LogP contribution in [0.1, 0.15) is 27.9 Å². The first kappa shape index (κ1) is 19.1. The van der Waals surface area contributed by atoms with Gasteiger partial charge in [0.1, 0.15) is 17.1 Å². The lowest BCUT2D eigenvalue weighted by Crippen LogP contribution is -2.27. The van der Waals surface area contributed by atoms with Crippen molar-refractivity contribution in [2.24, 2.45) is 0 Å². The van der Waals surface area contributed by atoms with Crippen molar-refractivity contribution < 1.29 is 14.3 Å². The third kappa shape index (κ3) is 4.54. The Hall–Kier alpha value is -3.67. The Morgan fingerprint density at radius 3 is 2.29 bits per heavy atom. The van der Waals surface area contributed by atoms with E-state index in [0.717, 1.165) is 11.4 Å². The van der Waals surface area contributed by atoms with Crippen LogP contribution in [0, 0.1) is 0 Å². The highest BCUT2D eigenvalue weighted by Crippen LogP contribution is 2.17. The first-order chi connectivity index (χ1) is 13.6. The summed E-state index contributed by atoms with van der Waals surface area (Å²) < 4.78 is 5.38. The van der Waals surface area contributed by atoms with Crippen molar-refractivity contribution in [3.8, 4) is 5.75 Å². The Labute approximate surface area is 163 Å². The molecule has 1 heterocycles. The van der Waals surface area contributed by atoms with Crippen LogP contribution in [0.2, 0.25) is 0 Å². The third-order valence-corrected chi connectivity index (χ3v) is 4.07. The summed E-state index contributed by atoms with van der Waals surface area (Å²) in [5, 5.41) is 2.77. The molecule has 2 amide bonds. The van der Waals surface area contributed by atoms with Gasteiger partial charge in [0.25, 0.3) is 11.8 Å². The number of benzene rings is 2. The number of para-hydroxylation sites is 1. The lowest BCUT2D eigenvalue weighted by atomic mass is 10.2. The Kier molecular flexibility index (Phi) is 6.01. The summed E-state index contributed by atoms with van der Waals surface area (Å²) in [6, 6.07) is 21.1. The van der Waals surface area contributed by atoms with Gasteiger partial charge in [0.15, 0.2) is 0 Å². The highest BCUT2D eigenvalue weighted by Gasteiger charge is 2.17. The van der Waals surface area contributed by atoms with Crippen LogP contribution in [0.25, 0.3) is 0 Å². The fourth-order valence-electron chi connectivity index (χ4n) is 2.62. The number of aromatic nitrogens is 1. The second-order valence-corrected chi connectivity index (χ2v) is 6.02. The number of ether oxygens (including phenoxy) is 1. The summed E-state index contributed by atoms with van der Waals surface area (Å²) in [5.74, 6) is 0.0539. The van der Waals surface area contributed by atoms with Gasteiger partial charge in [-0.25, -0.2) is 4.98 Å². The van der Waals surface area contributed by atoms with E-state index in [1.807, 2.05) is 37.3 Å². The zero-order chi connectivity index (χ0) is 19.9. The van der Waals surface area contributed by atoms with Crippen molar-refractivity contribution in [3.05, 3.63) is 84.2 Å². The predicted octanol–water partition coefficient (Wildman–Crippen LogP) is 4.01. The average molecular weight is 375 g/mol. The molecule has 142 valence electrons. The number of pyridine rings is 1. The van der Waals surface area contributed by atoms with E-state index in [1.165, 1.54) is 4.90 Å². The van der Waals surface area contributed by atoms with Crippen LogP contribution < -0.4 is 15.0 Å². The number of nitrogens with zero attached hydrogens (tertiary/aromatic N) is 2. The van der Waals surface area contributed by atoms with Gasteiger partial charge in [-0.2, -0.15) is 0 Å². The monoisotopic (exact) mass is 375 g/mol. The molecule has 0 atom stereocenters. The van der Waals surface area contributed by atoms with E-state index in [-0.39, 0.29) is 23.2 Å². The number of amides is 2. The fraction of sp³-hybridized carbons (Fsp3) is 0.136. The molecule has 0 unspecified atom stereocenters. The molecular formula is C22H21N3O3. The minimum atomic E-state index is -0.388. The highest BCUT2D eigenvalue weighted by molar-refractivity contribution is 6.07. The van der Waals surface area contributed by atoms with E-state index in [0.29, 0.717) is 12.3 Å². The Morgan fingerprint density at radius 2 is 1.61 bits per heavy atom. The molecule has 3 rings (SSSR count). The molecule has 0 aliphatic rings. The Balaban J connectivity index is 1.73. The quantitative estimate of drug-likeness (QED) is 0.707. The van der Waals surface area contributed by atoms with Crippen molar-refractivity contribution >= 4 is 23.2 Å². The zero-order valence-electron chi connectivity index (χ0n) is 15.8. The molecule has 0 saturated heterocycles. The minimum Gasteiger partial charge on any atom is -0.494 e. The topological polar surface area (TPSA) is 71.5 Å². The maximum absolute atomic E-state index is 12.7. The highest BCUT2D eigenvalue weighted by atomic mass is 16.5. The molecular weight excluding hydrogens is 354 g/mol. The SMILES string of the molecule is CCOc1ccc(NC(=O)c2cccc(C(=O)N(C)c3ccccc3)n2)cc1. The van der Waals surface area contributed by atoms with Gasteiger partial charge in [0, 0.05) is 18.4 Å². The number of nitrogens with one attached hydrogen (secondary N) is 1. The molecule has 6 nitrogen and oxygen atoms in total. The maximum atomic E-state index is 12.7. The summed E-state index contributed by atoms with van der Waals surface area (Å²) >= 11 is 0. The van der Waals surface area contributed by atoms with Crippen molar-refractivity contribution in [1.29, 1.82) is 0 Å². The van der Waals surface area contributed by atoms with Gasteiger partial charge in [-0.05, 0) is 55.5 Å². The first-order valence-corrected chi connectivity index (χ1v) is 8.93. The number of hydrogen-bond acceptors (Lipinski definition) is 4. The normalized spacial score (nSPS) is 10.2. The standard InChI is InChI=1S/C22H21N3O3/c1-3-28-18-14-12-16(13-15-18)23-21(26)19-10-7-11-20(24-19)22(27)25(2)17-8-5-4-6-9-17/h4-15H,3H2,1-2H3,(H,23,26). The number of carbonyl (C=O) groups is 2. The second kappa shape index (κ2) is 8.81. The molecule has 28 heavy (non-hydrogen) atoms. The van der Waals surface area contributed by atoms with Crippen LogP contribution in [0.4, 0.5) is 11.4 Å². The van der Waals surface area contributed by atoms with E-state index >= 15 is 0 Å². The van der Waals surface area contributed by atoms with Crippen molar-refractivity contribution in [3.63, 3.8) is 0 Å². The third-order valence-electron chi connectivity index (χ3n) is 4.07. The molecule has 0 spiro atoms. The smallest absolute Gasteiger partial charge is 0.276 e. The lowest BCUT2D eigenvalue weighted by molar-refractivity contribution is 0.0988. The van der Waals surface area contributed by atoms with Gasteiger partial charge < -0.3 is 15.0 Å². The molecule has 0 aliphatic heterocycles. The van der Waals surface area contributed by atoms with Crippen LogP contribution in [-0.2, 0) is 0 Å². The van der Waals surface area contributed by atoms with Crippen LogP contribution >= 0.6 is 0 Å². The van der Waals surface area contributed by atoms with Crippen LogP contribution in [-0.4, -0.2) is 30.5 Å². The first-order valence-electron chi connectivity index (χ1n) is 8.93. The molecule has 2 aromatic carbocycles. The van der Waals surface area contributed by atoms with Crippen LogP contribution in [0.5, 0.6) is 5.75 Å². The zero-order valence-corrected chi connectivity index (χ0v) is 15.8. The second-order valence-electron chi connectivity index (χ2n) is 6.02. The largest absolute Gasteiger partial charge is 0.494 e. The van der Waals surface area contributed by atoms with E-state index in [1.54, 1.807) is 49.5 Å². The van der Waals surface area contributed by atoms with Gasteiger partial charge in [-0.15, -0.1) is 0 Å². The van der Waals surface area contributed by atoms with Crippen molar-refractivity contribution in [2.75, 3.05) is 23.9 Å². The molecule has 0 fully saturated rings. The van der Waals surface area contributed by atoms with E-state index in [2.05, 4.69) is 10.3 Å². The predicted molar refractivity (Wildman–Crippen MR) is 109 cm³/mol. The molecule has 0 radical (unpaired) electrons. The summed E-state index contributed by atoms with van der Waals surface area (Å²) in [6.45, 7) is 2.48. The summed E-state index contributed by atoms with van der Waals surface area (Å²) in [7, 11) is 1.67. The summed E-state index contributed by atoms with van der Waals surface area (Å²) in [6.07, 6.45) is 0. The van der Waals surface area contributed by atoms with Gasteiger partial charge in [-0.3, -0.25) is 9.59 Å². The van der Waals surface area contributed by atoms with Crippen molar-refractivity contribution in [1.82, 2.24) is 4.98 Å². The van der Waals surface area contributed by atoms with Crippen molar-refractivity contribution in [2.45, 2.75) is 6.92 Å². The Bertz CT molecular complexity index is 956. The Morgan fingerprint density at radius 1 is 0.929 bits per heavy atom. The van der Waals surface area contributed by atoms with Gasteiger partial charge in [0.2, 0.25) is 0 Å². The average Bonchev–Trinajstić information content (AvgIpc) is 2.75. The van der Waals surface area contributed by atoms with E-state index in [4.69, 9.17) is 4.74 Å². The van der Waals surface area contributed by atoms with Gasteiger partial charge >= 0.3 is 0 Å². The lowest BCUT2D eigenvalue weighted by Gasteiger charge is -2.17. The summed E-state index contributed by atoms with van der Waals surface area (Å²) in [4.78, 5) is 30.9. The molecule has 0 bridgehead atoms. The molecule has 0 aliphatic carbocycles. The molecule has 0 saturated carbocycles. The van der Waals surface area contributed by atoms with Gasteiger partial charge in [0.05, 0.1) is 6.61 Å².